The number of esters is 2. The molecule has 0 saturated carbocycles. The number of benzene rings is 2. The Kier molecular flexibility index (Phi) is 9.90. The molecule has 2 aromatic rings. The molecule has 0 unspecified atom stereocenters. The Morgan fingerprint density at radius 2 is 1.34 bits per heavy atom. The molecular weight excluding hydrogens is 412 g/mol. The summed E-state index contributed by atoms with van der Waals surface area (Å²) in [4.78, 5) is 47.3. The Bertz CT molecular complexity index is 923. The van der Waals surface area contributed by atoms with E-state index >= 15 is 0 Å². The van der Waals surface area contributed by atoms with Gasteiger partial charge >= 0.3 is 11.9 Å². The van der Waals surface area contributed by atoms with Crippen LogP contribution < -0.4 is 10.6 Å². The average molecular weight is 440 g/mol. The number of carbonyl (C=O) groups is 4. The van der Waals surface area contributed by atoms with Gasteiger partial charge in [-0.05, 0) is 61.7 Å². The number of carbonyl (C=O) groups excluding carboxylic acids is 4. The number of anilines is 2. The van der Waals surface area contributed by atoms with Crippen LogP contribution in [0.5, 0.6) is 0 Å². The van der Waals surface area contributed by atoms with Gasteiger partial charge < -0.3 is 20.1 Å². The Labute approximate surface area is 187 Å². The zero-order chi connectivity index (χ0) is 23.3. The van der Waals surface area contributed by atoms with Crippen molar-refractivity contribution in [2.45, 2.75) is 39.5 Å². The molecule has 0 aliphatic carbocycles. The molecule has 2 aromatic carbocycles. The topological polar surface area (TPSA) is 111 Å². The fourth-order valence-corrected chi connectivity index (χ4v) is 2.76. The van der Waals surface area contributed by atoms with Crippen molar-refractivity contribution in [2.24, 2.45) is 0 Å². The van der Waals surface area contributed by atoms with Crippen molar-refractivity contribution in [1.29, 1.82) is 0 Å². The highest BCUT2D eigenvalue weighted by molar-refractivity contribution is 5.94. The van der Waals surface area contributed by atoms with Gasteiger partial charge in [0.25, 0.3) is 5.91 Å². The maximum atomic E-state index is 12.0. The van der Waals surface area contributed by atoms with Crippen molar-refractivity contribution >= 4 is 35.1 Å². The van der Waals surface area contributed by atoms with Crippen LogP contribution in [0.2, 0.25) is 0 Å². The summed E-state index contributed by atoms with van der Waals surface area (Å²) >= 11 is 0. The van der Waals surface area contributed by atoms with Crippen LogP contribution in [0.4, 0.5) is 11.4 Å². The SMILES string of the molecule is CCOC(=O)c1ccc(NC(=O)CCCC(=O)OCC(=O)Nc2ccc(CC)cc2)cc1. The van der Waals surface area contributed by atoms with Crippen LogP contribution in [-0.4, -0.2) is 37.0 Å². The molecule has 2 N–H and O–H groups in total. The van der Waals surface area contributed by atoms with E-state index in [1.807, 2.05) is 19.1 Å². The second-order valence-corrected chi connectivity index (χ2v) is 6.96. The van der Waals surface area contributed by atoms with E-state index in [4.69, 9.17) is 9.47 Å². The molecule has 0 heterocycles. The van der Waals surface area contributed by atoms with Crippen molar-refractivity contribution in [3.8, 4) is 0 Å². The minimum atomic E-state index is -0.548. The normalized spacial score (nSPS) is 10.2. The zero-order valence-corrected chi connectivity index (χ0v) is 18.3. The standard InChI is InChI=1S/C24H28N2O6/c1-3-17-8-12-19(13-9-17)26-22(28)16-32-23(29)7-5-6-21(27)25-20-14-10-18(11-15-20)24(30)31-4-2/h8-15H,3-7,16H2,1-2H3,(H,25,27)(H,26,28). The van der Waals surface area contributed by atoms with Crippen LogP contribution in [0, 0.1) is 0 Å². The van der Waals surface area contributed by atoms with E-state index < -0.39 is 17.8 Å². The van der Waals surface area contributed by atoms with E-state index in [2.05, 4.69) is 10.6 Å². The number of aryl methyl sites for hydroxylation is 1. The van der Waals surface area contributed by atoms with Crippen LogP contribution >= 0.6 is 0 Å². The molecule has 170 valence electrons. The van der Waals surface area contributed by atoms with Gasteiger partial charge in [-0.3, -0.25) is 14.4 Å². The number of rotatable bonds is 11. The molecule has 0 saturated heterocycles. The van der Waals surface area contributed by atoms with Gasteiger partial charge in [0, 0.05) is 24.2 Å². The third kappa shape index (κ3) is 8.59. The molecule has 0 spiro atoms. The van der Waals surface area contributed by atoms with Gasteiger partial charge in [0.15, 0.2) is 6.61 Å². The lowest BCUT2D eigenvalue weighted by atomic mass is 10.1. The summed E-state index contributed by atoms with van der Waals surface area (Å²) in [5.41, 5.74) is 2.73. The predicted molar refractivity (Wildman–Crippen MR) is 120 cm³/mol. The Morgan fingerprint density at radius 1 is 0.750 bits per heavy atom. The summed E-state index contributed by atoms with van der Waals surface area (Å²) in [6, 6.07) is 13.8. The van der Waals surface area contributed by atoms with E-state index in [-0.39, 0.29) is 38.4 Å². The van der Waals surface area contributed by atoms with Gasteiger partial charge in [-0.1, -0.05) is 19.1 Å². The largest absolute Gasteiger partial charge is 0.462 e. The number of ether oxygens (including phenoxy) is 2. The van der Waals surface area contributed by atoms with E-state index in [0.717, 1.165) is 12.0 Å². The van der Waals surface area contributed by atoms with Crippen LogP contribution in [-0.2, 0) is 30.3 Å². The maximum Gasteiger partial charge on any atom is 0.338 e. The van der Waals surface area contributed by atoms with Crippen LogP contribution in [0.3, 0.4) is 0 Å². The number of hydrogen-bond acceptors (Lipinski definition) is 6. The molecule has 2 amide bonds. The Balaban J connectivity index is 1.63. The quantitative estimate of drug-likeness (QED) is 0.515. The van der Waals surface area contributed by atoms with Crippen LogP contribution in [0.1, 0.15) is 49.0 Å². The lowest BCUT2D eigenvalue weighted by molar-refractivity contribution is -0.147. The molecule has 0 aliphatic rings. The average Bonchev–Trinajstić information content (AvgIpc) is 2.79. The summed E-state index contributed by atoms with van der Waals surface area (Å²) in [5, 5.41) is 5.35. The van der Waals surface area contributed by atoms with Crippen molar-refractivity contribution in [2.75, 3.05) is 23.8 Å². The first-order valence-corrected chi connectivity index (χ1v) is 10.5. The number of nitrogens with one attached hydrogen (secondary N) is 2. The summed E-state index contributed by atoms with van der Waals surface area (Å²) in [7, 11) is 0. The molecule has 0 bridgehead atoms. The van der Waals surface area contributed by atoms with Gasteiger partial charge in [0.05, 0.1) is 12.2 Å². The van der Waals surface area contributed by atoms with Gasteiger partial charge in [-0.2, -0.15) is 0 Å². The third-order valence-electron chi connectivity index (χ3n) is 4.47. The first-order valence-electron chi connectivity index (χ1n) is 10.5. The number of hydrogen-bond donors (Lipinski definition) is 2. The summed E-state index contributed by atoms with van der Waals surface area (Å²) in [5.74, 6) is -1.67. The third-order valence-corrected chi connectivity index (χ3v) is 4.47. The van der Waals surface area contributed by atoms with Gasteiger partial charge in [-0.25, -0.2) is 4.79 Å². The smallest absolute Gasteiger partial charge is 0.338 e. The van der Waals surface area contributed by atoms with Gasteiger partial charge in [-0.15, -0.1) is 0 Å². The van der Waals surface area contributed by atoms with Gasteiger partial charge in [0.1, 0.15) is 0 Å². The zero-order valence-electron chi connectivity index (χ0n) is 18.3. The Hall–Kier alpha value is -3.68. The fourth-order valence-electron chi connectivity index (χ4n) is 2.76. The molecular formula is C24H28N2O6. The molecule has 0 fully saturated rings. The molecule has 8 heteroatoms. The summed E-state index contributed by atoms with van der Waals surface area (Å²) < 4.78 is 9.85. The second kappa shape index (κ2) is 12.9. The van der Waals surface area contributed by atoms with Gasteiger partial charge in [0.2, 0.25) is 5.91 Å². The minimum absolute atomic E-state index is 0.0215. The maximum absolute atomic E-state index is 12.0. The minimum Gasteiger partial charge on any atom is -0.462 e. The highest BCUT2D eigenvalue weighted by Crippen LogP contribution is 2.12. The van der Waals surface area contributed by atoms with E-state index in [0.29, 0.717) is 16.9 Å². The molecule has 0 aromatic heterocycles. The predicted octanol–water partition coefficient (Wildman–Crippen LogP) is 3.72. The monoisotopic (exact) mass is 440 g/mol. The lowest BCUT2D eigenvalue weighted by Gasteiger charge is -2.08. The lowest BCUT2D eigenvalue weighted by Crippen LogP contribution is -2.21. The first-order chi connectivity index (χ1) is 15.4. The van der Waals surface area contributed by atoms with Crippen molar-refractivity contribution in [3.63, 3.8) is 0 Å². The van der Waals surface area contributed by atoms with Crippen LogP contribution in [0.15, 0.2) is 48.5 Å². The molecule has 0 atom stereocenters. The van der Waals surface area contributed by atoms with E-state index in [1.165, 1.54) is 0 Å². The van der Waals surface area contributed by atoms with Crippen molar-refractivity contribution < 1.29 is 28.7 Å². The fraction of sp³-hybridized carbons (Fsp3) is 0.333. The first kappa shape index (κ1) is 24.6. The summed E-state index contributed by atoms with van der Waals surface area (Å²) in [6.45, 7) is 3.68. The molecule has 0 aliphatic heterocycles. The molecule has 32 heavy (non-hydrogen) atoms. The molecule has 0 radical (unpaired) electrons. The summed E-state index contributed by atoms with van der Waals surface area (Å²) in [6.07, 6.45) is 1.33. The van der Waals surface area contributed by atoms with E-state index in [1.54, 1.807) is 43.3 Å². The van der Waals surface area contributed by atoms with E-state index in [9.17, 15) is 19.2 Å². The molecule has 2 rings (SSSR count). The highest BCUT2D eigenvalue weighted by Gasteiger charge is 2.11. The second-order valence-electron chi connectivity index (χ2n) is 6.96. The van der Waals surface area contributed by atoms with Crippen molar-refractivity contribution in [1.82, 2.24) is 0 Å². The Morgan fingerprint density at radius 3 is 1.94 bits per heavy atom. The van der Waals surface area contributed by atoms with Crippen LogP contribution in [0.25, 0.3) is 0 Å². The van der Waals surface area contributed by atoms with Crippen molar-refractivity contribution in [3.05, 3.63) is 59.7 Å². The highest BCUT2D eigenvalue weighted by atomic mass is 16.5. The number of amides is 2. The molecule has 8 nitrogen and oxygen atoms in total.